The molecule has 112 valence electrons. The lowest BCUT2D eigenvalue weighted by molar-refractivity contribution is 0.198. The highest BCUT2D eigenvalue weighted by atomic mass is 32.2. The summed E-state index contributed by atoms with van der Waals surface area (Å²) in [5, 5.41) is -0.528. The van der Waals surface area contributed by atoms with Gasteiger partial charge in [0.1, 0.15) is 11.2 Å². The molecule has 1 aromatic rings. The summed E-state index contributed by atoms with van der Waals surface area (Å²) in [5.41, 5.74) is 6.70. The summed E-state index contributed by atoms with van der Waals surface area (Å²) in [6.07, 6.45) is 1.26. The van der Waals surface area contributed by atoms with Crippen LogP contribution in [0, 0.1) is 5.82 Å². The van der Waals surface area contributed by atoms with Gasteiger partial charge < -0.3 is 5.73 Å². The van der Waals surface area contributed by atoms with Gasteiger partial charge in [-0.3, -0.25) is 4.90 Å². The number of hydrogen-bond acceptors (Lipinski definition) is 5. The van der Waals surface area contributed by atoms with Gasteiger partial charge in [0.25, 0.3) is 0 Å². The molecule has 0 bridgehead atoms. The van der Waals surface area contributed by atoms with E-state index in [1.807, 2.05) is 4.90 Å². The molecule has 0 radical (unpaired) electrons. The van der Waals surface area contributed by atoms with Crippen molar-refractivity contribution in [3.8, 4) is 0 Å². The Labute approximate surface area is 123 Å². The van der Waals surface area contributed by atoms with E-state index < -0.39 is 15.2 Å². The van der Waals surface area contributed by atoms with E-state index in [2.05, 4.69) is 0 Å². The van der Waals surface area contributed by atoms with Crippen molar-refractivity contribution in [3.63, 3.8) is 0 Å². The Bertz CT molecular complexity index is 548. The van der Waals surface area contributed by atoms with Gasteiger partial charge in [0.15, 0.2) is 9.84 Å². The van der Waals surface area contributed by atoms with Crippen molar-refractivity contribution in [1.82, 2.24) is 4.90 Å². The van der Waals surface area contributed by atoms with E-state index in [0.29, 0.717) is 18.8 Å². The normalized spacial score (nSPS) is 22.6. The second-order valence-corrected chi connectivity index (χ2v) is 8.25. The van der Waals surface area contributed by atoms with Crippen LogP contribution >= 0.6 is 11.8 Å². The second-order valence-electron chi connectivity index (χ2n) is 4.90. The van der Waals surface area contributed by atoms with Crippen molar-refractivity contribution in [3.05, 3.63) is 35.6 Å². The first-order valence-electron chi connectivity index (χ1n) is 6.41. The Morgan fingerprint density at radius 3 is 2.65 bits per heavy atom. The Morgan fingerprint density at radius 1 is 1.45 bits per heavy atom. The van der Waals surface area contributed by atoms with Gasteiger partial charge in [0, 0.05) is 36.9 Å². The summed E-state index contributed by atoms with van der Waals surface area (Å²) in [4.78, 5) is 1.93. The fourth-order valence-electron chi connectivity index (χ4n) is 2.47. The van der Waals surface area contributed by atoms with Crippen molar-refractivity contribution in [2.24, 2.45) is 5.73 Å². The molecule has 1 fully saturated rings. The van der Waals surface area contributed by atoms with Crippen LogP contribution in [-0.2, 0) is 9.84 Å². The molecule has 2 N–H and O–H groups in total. The predicted molar refractivity (Wildman–Crippen MR) is 80.9 cm³/mol. The lowest BCUT2D eigenvalue weighted by Crippen LogP contribution is -2.50. The fraction of sp³-hybridized carbons (Fsp3) is 0.538. The molecular weight excluding hydrogens is 299 g/mol. The molecule has 20 heavy (non-hydrogen) atoms. The van der Waals surface area contributed by atoms with Crippen molar-refractivity contribution in [1.29, 1.82) is 0 Å². The van der Waals surface area contributed by atoms with Gasteiger partial charge in [-0.2, -0.15) is 11.8 Å². The van der Waals surface area contributed by atoms with Gasteiger partial charge in [0.2, 0.25) is 0 Å². The van der Waals surface area contributed by atoms with Gasteiger partial charge in [-0.1, -0.05) is 12.1 Å². The first kappa shape index (κ1) is 15.8. The summed E-state index contributed by atoms with van der Waals surface area (Å²) in [6.45, 7) is 0.976. The lowest BCUT2D eigenvalue weighted by atomic mass is 10.1. The van der Waals surface area contributed by atoms with Crippen molar-refractivity contribution >= 4 is 21.6 Å². The zero-order valence-electron chi connectivity index (χ0n) is 11.3. The van der Waals surface area contributed by atoms with Crippen LogP contribution < -0.4 is 5.73 Å². The zero-order chi connectivity index (χ0) is 14.8. The number of nitrogens with two attached hydrogens (primary N) is 1. The van der Waals surface area contributed by atoms with Crippen LogP contribution in [0.4, 0.5) is 4.39 Å². The summed E-state index contributed by atoms with van der Waals surface area (Å²) < 4.78 is 36.9. The maximum absolute atomic E-state index is 13.0. The van der Waals surface area contributed by atoms with Gasteiger partial charge >= 0.3 is 0 Å². The molecule has 1 aliphatic rings. The summed E-state index contributed by atoms with van der Waals surface area (Å²) in [7, 11) is -3.17. The molecule has 0 amide bonds. The van der Waals surface area contributed by atoms with Gasteiger partial charge in [0.05, 0.1) is 0 Å². The van der Waals surface area contributed by atoms with E-state index >= 15 is 0 Å². The highest BCUT2D eigenvalue weighted by Crippen LogP contribution is 2.29. The minimum absolute atomic E-state index is 0.198. The van der Waals surface area contributed by atoms with Gasteiger partial charge in [-0.25, -0.2) is 12.8 Å². The van der Waals surface area contributed by atoms with Crippen LogP contribution in [0.15, 0.2) is 24.3 Å². The molecule has 0 aromatic heterocycles. The zero-order valence-corrected chi connectivity index (χ0v) is 13.0. The molecule has 0 spiro atoms. The fourth-order valence-corrected chi connectivity index (χ4v) is 5.39. The lowest BCUT2D eigenvalue weighted by Gasteiger charge is -2.39. The van der Waals surface area contributed by atoms with E-state index in [4.69, 9.17) is 5.73 Å². The standard InChI is InChI=1S/C13H19FN2O2S2/c1-20(17,18)13-9-19-7-6-16(13)12(8-15)10-2-4-11(14)5-3-10/h2-5,12-13H,6-9,15H2,1H3. The maximum Gasteiger partial charge on any atom is 0.164 e. The molecule has 2 atom stereocenters. The molecule has 0 aliphatic carbocycles. The molecule has 1 aliphatic heterocycles. The van der Waals surface area contributed by atoms with Crippen LogP contribution in [0.2, 0.25) is 0 Å². The summed E-state index contributed by atoms with van der Waals surface area (Å²) in [6, 6.07) is 5.91. The monoisotopic (exact) mass is 318 g/mol. The number of hydrogen-bond donors (Lipinski definition) is 1. The number of sulfone groups is 1. The Morgan fingerprint density at radius 2 is 2.10 bits per heavy atom. The number of benzene rings is 1. The molecule has 4 nitrogen and oxygen atoms in total. The summed E-state index contributed by atoms with van der Waals surface area (Å²) in [5.74, 6) is 1.12. The third-order valence-electron chi connectivity index (χ3n) is 3.50. The van der Waals surface area contributed by atoms with E-state index in [9.17, 15) is 12.8 Å². The van der Waals surface area contributed by atoms with Crippen LogP contribution in [0.3, 0.4) is 0 Å². The predicted octanol–water partition coefficient (Wildman–Crippen LogP) is 1.24. The Hall–Kier alpha value is -0.630. The van der Waals surface area contributed by atoms with Crippen LogP contribution in [-0.4, -0.2) is 49.5 Å². The minimum atomic E-state index is -3.17. The first-order valence-corrected chi connectivity index (χ1v) is 9.52. The third kappa shape index (κ3) is 3.52. The van der Waals surface area contributed by atoms with Crippen LogP contribution in [0.1, 0.15) is 11.6 Å². The number of halogens is 1. The number of thioether (sulfide) groups is 1. The van der Waals surface area contributed by atoms with Crippen molar-refractivity contribution in [2.75, 3.05) is 30.9 Å². The SMILES string of the molecule is CS(=O)(=O)C1CSCCN1C(CN)c1ccc(F)cc1. The minimum Gasteiger partial charge on any atom is -0.329 e. The Kier molecular flexibility index (Phi) is 5.06. The average Bonchev–Trinajstić information content (AvgIpc) is 2.41. The van der Waals surface area contributed by atoms with E-state index in [0.717, 1.165) is 11.3 Å². The van der Waals surface area contributed by atoms with Crippen molar-refractivity contribution < 1.29 is 12.8 Å². The van der Waals surface area contributed by atoms with E-state index in [-0.39, 0.29) is 11.9 Å². The van der Waals surface area contributed by atoms with Crippen LogP contribution in [0.5, 0.6) is 0 Å². The topological polar surface area (TPSA) is 63.4 Å². The number of rotatable bonds is 4. The quantitative estimate of drug-likeness (QED) is 0.905. The third-order valence-corrected chi connectivity index (χ3v) is 6.16. The van der Waals surface area contributed by atoms with Crippen LogP contribution in [0.25, 0.3) is 0 Å². The number of nitrogens with zero attached hydrogens (tertiary/aromatic N) is 1. The Balaban J connectivity index is 2.31. The van der Waals surface area contributed by atoms with E-state index in [1.54, 1.807) is 23.9 Å². The molecule has 1 aromatic carbocycles. The maximum atomic E-state index is 13.0. The molecule has 1 heterocycles. The smallest absolute Gasteiger partial charge is 0.164 e. The van der Waals surface area contributed by atoms with Gasteiger partial charge in [-0.05, 0) is 17.7 Å². The molecule has 2 unspecified atom stereocenters. The average molecular weight is 318 g/mol. The molecular formula is C13H19FN2O2S2. The summed E-state index contributed by atoms with van der Waals surface area (Å²) >= 11 is 1.64. The molecule has 0 saturated carbocycles. The van der Waals surface area contributed by atoms with E-state index in [1.165, 1.54) is 18.4 Å². The largest absolute Gasteiger partial charge is 0.329 e. The van der Waals surface area contributed by atoms with Crippen molar-refractivity contribution in [2.45, 2.75) is 11.4 Å². The van der Waals surface area contributed by atoms with Gasteiger partial charge in [-0.15, -0.1) is 0 Å². The molecule has 1 saturated heterocycles. The highest BCUT2D eigenvalue weighted by molar-refractivity contribution is 8.00. The first-order chi connectivity index (χ1) is 9.43. The molecule has 7 heteroatoms. The highest BCUT2D eigenvalue weighted by Gasteiger charge is 2.35. The second kappa shape index (κ2) is 6.43. The molecule has 2 rings (SSSR count).